The number of pyridine rings is 2. The minimum absolute atomic E-state index is 0.802. The Balaban J connectivity index is 0.754. The van der Waals surface area contributed by atoms with E-state index in [2.05, 4.69) is 294 Å². The van der Waals surface area contributed by atoms with Crippen LogP contribution in [0.3, 0.4) is 0 Å². The lowest BCUT2D eigenvalue weighted by Gasteiger charge is -2.13. The molecule has 88 heavy (non-hydrogen) atoms. The minimum Gasteiger partial charge on any atom is -0.454 e. The first-order valence-corrected chi connectivity index (χ1v) is 29.9. The summed E-state index contributed by atoms with van der Waals surface area (Å²) in [5, 5.41) is 10.3. The average molecular weight is 1120 g/mol. The van der Waals surface area contributed by atoms with E-state index in [1.807, 2.05) is 18.2 Å². The summed E-state index contributed by atoms with van der Waals surface area (Å²) in [5.41, 5.74) is 23.1. The predicted molar refractivity (Wildman–Crippen MR) is 363 cm³/mol. The van der Waals surface area contributed by atoms with Crippen molar-refractivity contribution in [3.8, 4) is 89.8 Å². The topological polar surface area (TPSA) is 61.9 Å². The number of rotatable bonds is 9. The minimum atomic E-state index is 0.802. The lowest BCUT2D eigenvalue weighted by atomic mass is 9.95. The van der Waals surface area contributed by atoms with Crippen molar-refractivity contribution in [1.82, 2.24) is 19.1 Å². The van der Waals surface area contributed by atoms with Gasteiger partial charge in [-0.2, -0.15) is 0 Å². The summed E-state index contributed by atoms with van der Waals surface area (Å²) in [6, 6.07) is 108. The molecule has 410 valence electrons. The van der Waals surface area contributed by atoms with Crippen LogP contribution >= 0.6 is 0 Å². The molecule has 6 aromatic heterocycles. The first-order chi connectivity index (χ1) is 43.6. The number of hydrogen-bond acceptors (Lipinski definition) is 4. The van der Waals surface area contributed by atoms with Crippen molar-refractivity contribution < 1.29 is 8.83 Å². The van der Waals surface area contributed by atoms with E-state index in [1.54, 1.807) is 0 Å². The molecular weight excluding hydrogens is 1070 g/mol. The molecule has 6 heteroatoms. The van der Waals surface area contributed by atoms with Crippen LogP contribution in [0, 0.1) is 0 Å². The molecule has 0 amide bonds. The van der Waals surface area contributed by atoms with Crippen LogP contribution in [0.5, 0.6) is 0 Å². The highest BCUT2D eigenvalue weighted by molar-refractivity contribution is 6.35. The number of aromatic nitrogens is 4. The second kappa shape index (κ2) is 19.9. The summed E-state index contributed by atoms with van der Waals surface area (Å²) in [6.07, 6.45) is 0. The fraction of sp³-hybridized carbons (Fsp3) is 0. The third-order valence-electron chi connectivity index (χ3n) is 17.7. The van der Waals surface area contributed by atoms with E-state index in [0.717, 1.165) is 156 Å². The quantitative estimate of drug-likeness (QED) is 0.144. The zero-order valence-electron chi connectivity index (χ0n) is 47.5. The number of hydrogen-bond donors (Lipinski definition) is 0. The van der Waals surface area contributed by atoms with Gasteiger partial charge in [-0.15, -0.1) is 0 Å². The lowest BCUT2D eigenvalue weighted by molar-refractivity contribution is 0.645. The van der Waals surface area contributed by atoms with Crippen molar-refractivity contribution in [2.75, 3.05) is 0 Å². The van der Waals surface area contributed by atoms with E-state index >= 15 is 0 Å². The number of furan rings is 2. The molecule has 0 fully saturated rings. The predicted octanol–water partition coefficient (Wildman–Crippen LogP) is 22.1. The second-order valence-electron chi connectivity index (χ2n) is 22.8. The normalized spacial score (nSPS) is 11.9. The van der Waals surface area contributed by atoms with Crippen LogP contribution in [0.25, 0.3) is 177 Å². The number of para-hydroxylation sites is 3. The molecule has 0 aliphatic carbocycles. The lowest BCUT2D eigenvalue weighted by Crippen LogP contribution is -1.95. The SMILES string of the molecule is c1ccc(-c2cc(-c3ccc(-n4c5cccc(-c6cccc(-c7cc(-c8ccc(-n9c%10ccccc%10c%10c%11ccccc%11c%11c%12ccccc%12oc%11c%109)cc8)cc(-c8ccccc8)n7)c6)c5c5c6ccccc6oc54)cc3)cc(-c3ccccc3)n2)cc1. The molecule has 12 aromatic carbocycles. The molecule has 18 rings (SSSR count). The monoisotopic (exact) mass is 1120 g/mol. The largest absolute Gasteiger partial charge is 0.454 e. The van der Waals surface area contributed by atoms with Gasteiger partial charge in [0.2, 0.25) is 5.71 Å². The molecule has 0 radical (unpaired) electrons. The standard InChI is InChI=1S/C82H50N4O2/c1-4-20-53(21-5-1)68-47-58(48-69(83-68)54-22-6-2-7-23-54)52-40-44-61(45-41-52)86-73-35-19-33-62(78(73)79-67-32-14-17-37-75(67)88-82(79)86)56-26-18-27-57(46-56)71-50-59(49-70(84-71)55-24-8-3-9-25-55)51-38-42-60(43-39-51)85-72-34-15-12-30-65(72)76-63-28-10-11-29-64(63)77-66-31-13-16-36-74(66)87-81(77)80(76)85/h1-50H. The van der Waals surface area contributed by atoms with Crippen LogP contribution in [0.2, 0.25) is 0 Å². The Kier molecular flexibility index (Phi) is 11.2. The van der Waals surface area contributed by atoms with Crippen molar-refractivity contribution in [3.05, 3.63) is 303 Å². The van der Waals surface area contributed by atoms with Crippen LogP contribution in [-0.2, 0) is 0 Å². The zero-order valence-corrected chi connectivity index (χ0v) is 47.5. The molecule has 0 aliphatic heterocycles. The van der Waals surface area contributed by atoms with Gasteiger partial charge in [-0.25, -0.2) is 9.97 Å². The van der Waals surface area contributed by atoms with Gasteiger partial charge in [0.25, 0.3) is 0 Å². The van der Waals surface area contributed by atoms with Crippen LogP contribution in [0.4, 0.5) is 0 Å². The molecule has 0 saturated carbocycles. The molecule has 0 bridgehead atoms. The van der Waals surface area contributed by atoms with Gasteiger partial charge in [-0.1, -0.05) is 224 Å². The fourth-order valence-corrected chi connectivity index (χ4v) is 13.7. The molecule has 0 N–H and O–H groups in total. The summed E-state index contributed by atoms with van der Waals surface area (Å²) in [7, 11) is 0. The van der Waals surface area contributed by atoms with E-state index in [4.69, 9.17) is 18.8 Å². The smallest absolute Gasteiger partial charge is 0.213 e. The van der Waals surface area contributed by atoms with Crippen molar-refractivity contribution >= 4 is 87.5 Å². The average Bonchev–Trinajstić information content (AvgIpc) is 1.56. The highest BCUT2D eigenvalue weighted by Crippen LogP contribution is 2.48. The van der Waals surface area contributed by atoms with Crippen LogP contribution < -0.4 is 0 Å². The summed E-state index contributed by atoms with van der Waals surface area (Å²) in [5.74, 6) is 0. The molecule has 0 atom stereocenters. The van der Waals surface area contributed by atoms with E-state index in [-0.39, 0.29) is 0 Å². The molecular formula is C82H50N4O2. The summed E-state index contributed by atoms with van der Waals surface area (Å²) >= 11 is 0. The Hall–Kier alpha value is -11.9. The molecule has 6 nitrogen and oxygen atoms in total. The van der Waals surface area contributed by atoms with Gasteiger partial charge in [-0.05, 0) is 123 Å². The highest BCUT2D eigenvalue weighted by atomic mass is 16.3. The summed E-state index contributed by atoms with van der Waals surface area (Å²) in [6.45, 7) is 0. The van der Waals surface area contributed by atoms with Gasteiger partial charge in [-0.3, -0.25) is 4.57 Å². The first kappa shape index (κ1) is 49.6. The molecule has 18 aromatic rings. The van der Waals surface area contributed by atoms with Crippen molar-refractivity contribution in [2.45, 2.75) is 0 Å². The van der Waals surface area contributed by atoms with Gasteiger partial charge < -0.3 is 13.4 Å². The van der Waals surface area contributed by atoms with Gasteiger partial charge in [0.1, 0.15) is 11.2 Å². The molecule has 0 spiro atoms. The number of benzene rings is 12. The van der Waals surface area contributed by atoms with Crippen LogP contribution in [0.1, 0.15) is 0 Å². The number of fused-ring (bicyclic) bond motifs is 15. The molecule has 6 heterocycles. The molecule has 0 aliphatic rings. The maximum Gasteiger partial charge on any atom is 0.213 e. The third-order valence-corrected chi connectivity index (χ3v) is 17.7. The third kappa shape index (κ3) is 7.89. The zero-order chi connectivity index (χ0) is 57.8. The van der Waals surface area contributed by atoms with Gasteiger partial charge in [0.15, 0.2) is 5.58 Å². The fourth-order valence-electron chi connectivity index (χ4n) is 13.7. The number of nitrogens with zero attached hydrogens (tertiary/aromatic N) is 4. The second-order valence-corrected chi connectivity index (χ2v) is 22.8. The Bertz CT molecular complexity index is 5720. The van der Waals surface area contributed by atoms with E-state index in [1.165, 1.54) is 21.5 Å². The van der Waals surface area contributed by atoms with E-state index in [9.17, 15) is 0 Å². The Labute approximate surface area is 505 Å². The maximum absolute atomic E-state index is 6.91. The Morgan fingerprint density at radius 2 is 0.682 bits per heavy atom. The van der Waals surface area contributed by atoms with Crippen molar-refractivity contribution in [2.24, 2.45) is 0 Å². The Morgan fingerprint density at radius 1 is 0.250 bits per heavy atom. The van der Waals surface area contributed by atoms with Crippen molar-refractivity contribution in [3.63, 3.8) is 0 Å². The first-order valence-electron chi connectivity index (χ1n) is 29.9. The van der Waals surface area contributed by atoms with E-state index < -0.39 is 0 Å². The van der Waals surface area contributed by atoms with Crippen LogP contribution in [0.15, 0.2) is 312 Å². The van der Waals surface area contributed by atoms with Gasteiger partial charge in [0.05, 0.1) is 44.7 Å². The summed E-state index contributed by atoms with van der Waals surface area (Å²) in [4.78, 5) is 10.6. The maximum atomic E-state index is 6.91. The van der Waals surface area contributed by atoms with Crippen molar-refractivity contribution in [1.29, 1.82) is 0 Å². The Morgan fingerprint density at radius 3 is 1.27 bits per heavy atom. The van der Waals surface area contributed by atoms with Gasteiger partial charge >= 0.3 is 0 Å². The summed E-state index contributed by atoms with van der Waals surface area (Å²) < 4.78 is 18.5. The highest BCUT2D eigenvalue weighted by Gasteiger charge is 2.25. The molecule has 0 saturated heterocycles. The molecule has 0 unspecified atom stereocenters. The van der Waals surface area contributed by atoms with E-state index in [0.29, 0.717) is 0 Å². The van der Waals surface area contributed by atoms with Gasteiger partial charge in [0, 0.05) is 65.9 Å². The van der Waals surface area contributed by atoms with Crippen LogP contribution in [-0.4, -0.2) is 19.1 Å².